The second-order valence-electron chi connectivity index (χ2n) is 7.89. The summed E-state index contributed by atoms with van der Waals surface area (Å²) in [6, 6.07) is 10.1. The SMILES string of the molecule is CCc1ccc2oc(=O)c(C(c3c(O)c4cc(CC)ccc4oc3=O)C(C)O)c(O)c2c1. The van der Waals surface area contributed by atoms with Gasteiger partial charge in [-0.1, -0.05) is 26.0 Å². The van der Waals surface area contributed by atoms with Gasteiger partial charge in [0, 0.05) is 0 Å². The monoisotopic (exact) mass is 436 g/mol. The molecule has 0 spiro atoms. The number of hydrogen-bond acceptors (Lipinski definition) is 7. The maximum absolute atomic E-state index is 12.9. The van der Waals surface area contributed by atoms with Crippen LogP contribution in [0.2, 0.25) is 0 Å². The molecule has 0 amide bonds. The first-order valence-corrected chi connectivity index (χ1v) is 10.5. The molecule has 4 rings (SSSR count). The van der Waals surface area contributed by atoms with Crippen LogP contribution in [0.5, 0.6) is 11.5 Å². The highest BCUT2D eigenvalue weighted by Gasteiger charge is 2.34. The Bertz CT molecular complexity index is 1340. The fourth-order valence-corrected chi connectivity index (χ4v) is 4.11. The van der Waals surface area contributed by atoms with Crippen molar-refractivity contribution in [1.82, 2.24) is 0 Å². The molecule has 2 aromatic carbocycles. The lowest BCUT2D eigenvalue weighted by Crippen LogP contribution is -2.27. The smallest absolute Gasteiger partial charge is 0.343 e. The minimum absolute atomic E-state index is 0.181. The fourth-order valence-electron chi connectivity index (χ4n) is 4.11. The van der Waals surface area contributed by atoms with Crippen molar-refractivity contribution in [3.8, 4) is 11.5 Å². The van der Waals surface area contributed by atoms with Crippen LogP contribution in [0, 0.1) is 0 Å². The molecule has 32 heavy (non-hydrogen) atoms. The van der Waals surface area contributed by atoms with Crippen molar-refractivity contribution >= 4 is 21.9 Å². The topological polar surface area (TPSA) is 121 Å². The highest BCUT2D eigenvalue weighted by molar-refractivity contribution is 5.87. The first-order valence-electron chi connectivity index (χ1n) is 10.5. The lowest BCUT2D eigenvalue weighted by molar-refractivity contribution is 0.170. The van der Waals surface area contributed by atoms with E-state index in [0.29, 0.717) is 12.8 Å². The van der Waals surface area contributed by atoms with Crippen LogP contribution in [0.25, 0.3) is 21.9 Å². The van der Waals surface area contributed by atoms with Crippen LogP contribution in [-0.4, -0.2) is 21.4 Å². The fraction of sp³-hybridized carbons (Fsp3) is 0.280. The first-order chi connectivity index (χ1) is 15.3. The molecule has 0 radical (unpaired) electrons. The molecule has 0 aliphatic heterocycles. The maximum atomic E-state index is 12.9. The summed E-state index contributed by atoms with van der Waals surface area (Å²) < 4.78 is 10.8. The van der Waals surface area contributed by atoms with Crippen molar-refractivity contribution in [3.63, 3.8) is 0 Å². The average molecular weight is 436 g/mol. The third-order valence-electron chi connectivity index (χ3n) is 5.87. The second-order valence-corrected chi connectivity index (χ2v) is 7.89. The van der Waals surface area contributed by atoms with Crippen molar-refractivity contribution in [2.75, 3.05) is 0 Å². The van der Waals surface area contributed by atoms with Gasteiger partial charge in [-0.05, 0) is 55.2 Å². The Morgan fingerprint density at radius 2 is 1.19 bits per heavy atom. The number of benzene rings is 2. The molecule has 0 saturated carbocycles. The van der Waals surface area contributed by atoms with Gasteiger partial charge in [-0.15, -0.1) is 0 Å². The number of fused-ring (bicyclic) bond motifs is 2. The minimum atomic E-state index is -1.37. The van der Waals surface area contributed by atoms with Crippen molar-refractivity contribution in [3.05, 3.63) is 79.5 Å². The average Bonchev–Trinajstić information content (AvgIpc) is 2.77. The summed E-state index contributed by atoms with van der Waals surface area (Å²) >= 11 is 0. The van der Waals surface area contributed by atoms with E-state index < -0.39 is 34.8 Å². The summed E-state index contributed by atoms with van der Waals surface area (Å²) in [5.41, 5.74) is -0.274. The summed E-state index contributed by atoms with van der Waals surface area (Å²) in [6.45, 7) is 5.25. The van der Waals surface area contributed by atoms with E-state index in [1.165, 1.54) is 6.92 Å². The van der Waals surface area contributed by atoms with E-state index in [1.54, 1.807) is 36.4 Å². The highest BCUT2D eigenvalue weighted by Crippen LogP contribution is 2.40. The predicted molar refractivity (Wildman–Crippen MR) is 121 cm³/mol. The summed E-state index contributed by atoms with van der Waals surface area (Å²) in [5.74, 6) is -2.18. The molecule has 0 bridgehead atoms. The van der Waals surface area contributed by atoms with Gasteiger partial charge in [0.2, 0.25) is 0 Å². The summed E-state index contributed by atoms with van der Waals surface area (Å²) in [6.07, 6.45) is 0.0629. The quantitative estimate of drug-likeness (QED) is 0.405. The van der Waals surface area contributed by atoms with E-state index in [-0.39, 0.29) is 33.1 Å². The standard InChI is InChI=1S/C25H24O7/c1-4-13-6-8-17-15(10-13)22(27)20(24(29)31-17)19(12(3)26)21-23(28)16-11-14(5-2)7-9-18(16)32-25(21)30/h6-12,19,26-28H,4-5H2,1-3H3. The summed E-state index contributed by atoms with van der Waals surface area (Å²) in [7, 11) is 0. The van der Waals surface area contributed by atoms with E-state index >= 15 is 0 Å². The normalized spacial score (nSPS) is 12.7. The minimum Gasteiger partial charge on any atom is -0.507 e. The number of aryl methyl sites for hydroxylation is 2. The van der Waals surface area contributed by atoms with Crippen LogP contribution < -0.4 is 11.3 Å². The molecule has 166 valence electrons. The summed E-state index contributed by atoms with van der Waals surface area (Å²) in [5, 5.41) is 33.2. The molecule has 0 fully saturated rings. The second kappa shape index (κ2) is 8.16. The molecular formula is C25H24O7. The number of rotatable bonds is 5. The van der Waals surface area contributed by atoms with Gasteiger partial charge in [-0.3, -0.25) is 0 Å². The number of hydrogen-bond donors (Lipinski definition) is 3. The van der Waals surface area contributed by atoms with Gasteiger partial charge in [0.05, 0.1) is 33.9 Å². The van der Waals surface area contributed by atoms with Gasteiger partial charge in [-0.2, -0.15) is 0 Å². The van der Waals surface area contributed by atoms with Crippen LogP contribution in [-0.2, 0) is 12.8 Å². The number of aromatic hydroxyl groups is 2. The van der Waals surface area contributed by atoms with Crippen LogP contribution in [0.1, 0.15) is 48.9 Å². The van der Waals surface area contributed by atoms with Crippen LogP contribution in [0.15, 0.2) is 54.8 Å². The Labute approximate surface area is 183 Å². The molecule has 0 aliphatic rings. The predicted octanol–water partition coefficient (Wildman–Crippen LogP) is 3.95. The molecule has 4 aromatic rings. The van der Waals surface area contributed by atoms with Crippen LogP contribution >= 0.6 is 0 Å². The number of aliphatic hydroxyl groups excluding tert-OH is 1. The van der Waals surface area contributed by atoms with Crippen molar-refractivity contribution in [2.45, 2.75) is 45.6 Å². The highest BCUT2D eigenvalue weighted by atomic mass is 16.4. The molecule has 1 atom stereocenters. The van der Waals surface area contributed by atoms with E-state index in [9.17, 15) is 24.9 Å². The Kier molecular flexibility index (Phi) is 5.52. The van der Waals surface area contributed by atoms with Crippen LogP contribution in [0.4, 0.5) is 0 Å². The Morgan fingerprint density at radius 1 is 0.781 bits per heavy atom. The Hall–Kier alpha value is -3.58. The molecule has 7 heteroatoms. The molecule has 7 nitrogen and oxygen atoms in total. The summed E-state index contributed by atoms with van der Waals surface area (Å²) in [4.78, 5) is 25.7. The van der Waals surface area contributed by atoms with Gasteiger partial charge in [0.1, 0.15) is 22.7 Å². The molecule has 0 aliphatic carbocycles. The molecular weight excluding hydrogens is 412 g/mol. The van der Waals surface area contributed by atoms with Gasteiger partial charge >= 0.3 is 11.3 Å². The van der Waals surface area contributed by atoms with E-state index in [4.69, 9.17) is 8.83 Å². The largest absolute Gasteiger partial charge is 0.507 e. The molecule has 0 saturated heterocycles. The third-order valence-corrected chi connectivity index (χ3v) is 5.87. The van der Waals surface area contributed by atoms with Gasteiger partial charge in [0.25, 0.3) is 0 Å². The first kappa shape index (κ1) is 21.6. The number of aliphatic hydroxyl groups is 1. The van der Waals surface area contributed by atoms with E-state index in [1.807, 2.05) is 13.8 Å². The van der Waals surface area contributed by atoms with Gasteiger partial charge in [-0.25, -0.2) is 9.59 Å². The van der Waals surface area contributed by atoms with Crippen molar-refractivity contribution in [2.24, 2.45) is 0 Å². The Morgan fingerprint density at radius 3 is 1.53 bits per heavy atom. The van der Waals surface area contributed by atoms with Gasteiger partial charge < -0.3 is 24.2 Å². The zero-order valence-corrected chi connectivity index (χ0v) is 18.0. The third kappa shape index (κ3) is 3.44. The lowest BCUT2D eigenvalue weighted by Gasteiger charge is -2.21. The molecule has 2 heterocycles. The van der Waals surface area contributed by atoms with Crippen molar-refractivity contribution in [1.29, 1.82) is 0 Å². The van der Waals surface area contributed by atoms with E-state index in [2.05, 4.69) is 0 Å². The molecule has 2 aromatic heterocycles. The molecule has 1 unspecified atom stereocenters. The molecule has 3 N–H and O–H groups in total. The Balaban J connectivity index is 2.06. The van der Waals surface area contributed by atoms with E-state index in [0.717, 1.165) is 11.1 Å². The lowest BCUT2D eigenvalue weighted by atomic mass is 9.86. The van der Waals surface area contributed by atoms with Gasteiger partial charge in [0.15, 0.2) is 0 Å². The van der Waals surface area contributed by atoms with Crippen LogP contribution in [0.3, 0.4) is 0 Å². The zero-order valence-electron chi connectivity index (χ0n) is 18.0. The maximum Gasteiger partial charge on any atom is 0.343 e. The zero-order chi connectivity index (χ0) is 23.2. The van der Waals surface area contributed by atoms with Crippen molar-refractivity contribution < 1.29 is 24.2 Å².